The van der Waals surface area contributed by atoms with E-state index in [0.717, 1.165) is 0 Å². The van der Waals surface area contributed by atoms with E-state index < -0.39 is 5.97 Å². The second-order valence-electron chi connectivity index (χ2n) is 3.88. The summed E-state index contributed by atoms with van der Waals surface area (Å²) in [6.45, 7) is 2.06. The van der Waals surface area contributed by atoms with Crippen LogP contribution in [0.2, 0.25) is 0 Å². The molecule has 1 unspecified atom stereocenters. The normalized spacial score (nSPS) is 12.1. The van der Waals surface area contributed by atoms with E-state index in [1.807, 2.05) is 23.4 Å². The highest BCUT2D eigenvalue weighted by Crippen LogP contribution is 2.25. The molecule has 0 saturated carbocycles. The summed E-state index contributed by atoms with van der Waals surface area (Å²) >= 11 is 1.67. The van der Waals surface area contributed by atoms with Gasteiger partial charge in [0.2, 0.25) is 5.95 Å². The molecular weight excluding hydrogens is 250 g/mol. The van der Waals surface area contributed by atoms with Gasteiger partial charge in [0, 0.05) is 24.3 Å². The standard InChI is InChI=1S/C12H13N3O2S/c1-8(10-4-3-5-18-10)15(2)12-13-6-9(7-14-12)11(16)17/h3-8H,1-2H3,(H,16,17). The number of hydrogen-bond donors (Lipinski definition) is 1. The maximum absolute atomic E-state index is 10.7. The highest BCUT2D eigenvalue weighted by molar-refractivity contribution is 7.10. The lowest BCUT2D eigenvalue weighted by atomic mass is 10.2. The molecule has 0 aliphatic heterocycles. The third kappa shape index (κ3) is 2.48. The Morgan fingerprint density at radius 2 is 2.11 bits per heavy atom. The second kappa shape index (κ2) is 5.14. The molecule has 0 saturated heterocycles. The van der Waals surface area contributed by atoms with Gasteiger partial charge in [-0.15, -0.1) is 11.3 Å². The summed E-state index contributed by atoms with van der Waals surface area (Å²) in [5, 5.41) is 10.8. The molecule has 5 nitrogen and oxygen atoms in total. The largest absolute Gasteiger partial charge is 0.478 e. The maximum Gasteiger partial charge on any atom is 0.338 e. The number of rotatable bonds is 4. The van der Waals surface area contributed by atoms with E-state index in [0.29, 0.717) is 5.95 Å². The number of carbonyl (C=O) groups is 1. The minimum absolute atomic E-state index is 0.0935. The molecule has 0 aliphatic rings. The van der Waals surface area contributed by atoms with Crippen LogP contribution in [0.5, 0.6) is 0 Å². The van der Waals surface area contributed by atoms with Crippen LogP contribution < -0.4 is 4.90 Å². The molecule has 2 heterocycles. The van der Waals surface area contributed by atoms with E-state index >= 15 is 0 Å². The fourth-order valence-electron chi connectivity index (χ4n) is 1.51. The van der Waals surface area contributed by atoms with Crippen LogP contribution in [-0.2, 0) is 0 Å². The van der Waals surface area contributed by atoms with Gasteiger partial charge in [-0.05, 0) is 18.4 Å². The van der Waals surface area contributed by atoms with Crippen molar-refractivity contribution in [3.8, 4) is 0 Å². The number of nitrogens with zero attached hydrogens (tertiary/aromatic N) is 3. The van der Waals surface area contributed by atoms with Crippen molar-refractivity contribution in [2.24, 2.45) is 0 Å². The molecule has 0 bridgehead atoms. The summed E-state index contributed by atoms with van der Waals surface area (Å²) in [6, 6.07) is 4.21. The van der Waals surface area contributed by atoms with Crippen molar-refractivity contribution in [1.29, 1.82) is 0 Å². The Bertz CT molecular complexity index is 525. The molecule has 0 radical (unpaired) electrons. The first kappa shape index (κ1) is 12.5. The zero-order chi connectivity index (χ0) is 13.1. The predicted molar refractivity (Wildman–Crippen MR) is 70.1 cm³/mol. The smallest absolute Gasteiger partial charge is 0.338 e. The summed E-state index contributed by atoms with van der Waals surface area (Å²) in [6.07, 6.45) is 2.64. The molecular formula is C12H13N3O2S. The van der Waals surface area contributed by atoms with Gasteiger partial charge in [-0.1, -0.05) is 6.07 Å². The molecule has 2 aromatic rings. The lowest BCUT2D eigenvalue weighted by Gasteiger charge is -2.23. The lowest BCUT2D eigenvalue weighted by molar-refractivity contribution is 0.0696. The van der Waals surface area contributed by atoms with E-state index in [9.17, 15) is 4.79 Å². The number of thiophene rings is 1. The second-order valence-corrected chi connectivity index (χ2v) is 4.86. The fraction of sp³-hybridized carbons (Fsp3) is 0.250. The number of anilines is 1. The van der Waals surface area contributed by atoms with Gasteiger partial charge in [0.15, 0.2) is 0 Å². The Kier molecular flexibility index (Phi) is 3.57. The van der Waals surface area contributed by atoms with Crippen LogP contribution in [0, 0.1) is 0 Å². The summed E-state index contributed by atoms with van der Waals surface area (Å²) in [5.41, 5.74) is 0.0935. The van der Waals surface area contributed by atoms with Crippen molar-refractivity contribution in [1.82, 2.24) is 9.97 Å². The lowest BCUT2D eigenvalue weighted by Crippen LogP contribution is -2.23. The average Bonchev–Trinajstić information content (AvgIpc) is 2.91. The molecule has 0 aromatic carbocycles. The number of aromatic carboxylic acids is 1. The van der Waals surface area contributed by atoms with Crippen molar-refractivity contribution in [3.05, 3.63) is 40.3 Å². The SMILES string of the molecule is CC(c1cccs1)N(C)c1ncc(C(=O)O)cn1. The first-order valence-corrected chi connectivity index (χ1v) is 6.29. The third-order valence-corrected chi connectivity index (χ3v) is 3.78. The predicted octanol–water partition coefficient (Wildman–Crippen LogP) is 2.43. The minimum atomic E-state index is -1.02. The summed E-state index contributed by atoms with van der Waals surface area (Å²) in [4.78, 5) is 22.0. The molecule has 0 aliphatic carbocycles. The van der Waals surface area contributed by atoms with Gasteiger partial charge in [-0.25, -0.2) is 14.8 Å². The zero-order valence-corrected chi connectivity index (χ0v) is 10.9. The van der Waals surface area contributed by atoms with Gasteiger partial charge in [-0.2, -0.15) is 0 Å². The van der Waals surface area contributed by atoms with Crippen LogP contribution in [0.3, 0.4) is 0 Å². The van der Waals surface area contributed by atoms with Gasteiger partial charge in [0.1, 0.15) is 0 Å². The quantitative estimate of drug-likeness (QED) is 0.917. The summed E-state index contributed by atoms with van der Waals surface area (Å²) in [7, 11) is 1.89. The Hall–Kier alpha value is -1.95. The molecule has 0 fully saturated rings. The van der Waals surface area contributed by atoms with E-state index in [1.165, 1.54) is 17.3 Å². The van der Waals surface area contributed by atoms with Crippen LogP contribution in [-0.4, -0.2) is 28.1 Å². The van der Waals surface area contributed by atoms with Crippen LogP contribution in [0.1, 0.15) is 28.2 Å². The highest BCUT2D eigenvalue weighted by atomic mass is 32.1. The maximum atomic E-state index is 10.7. The van der Waals surface area contributed by atoms with Crippen molar-refractivity contribution in [3.63, 3.8) is 0 Å². The van der Waals surface area contributed by atoms with Gasteiger partial charge in [0.25, 0.3) is 0 Å². The zero-order valence-electron chi connectivity index (χ0n) is 10.1. The summed E-state index contributed by atoms with van der Waals surface area (Å²) < 4.78 is 0. The number of hydrogen-bond acceptors (Lipinski definition) is 5. The van der Waals surface area contributed by atoms with Crippen LogP contribution >= 0.6 is 11.3 Å². The first-order chi connectivity index (χ1) is 8.59. The van der Waals surface area contributed by atoms with E-state index in [2.05, 4.69) is 23.0 Å². The molecule has 18 heavy (non-hydrogen) atoms. The topological polar surface area (TPSA) is 66.3 Å². The highest BCUT2D eigenvalue weighted by Gasteiger charge is 2.15. The van der Waals surface area contributed by atoms with Gasteiger partial charge < -0.3 is 10.0 Å². The van der Waals surface area contributed by atoms with Gasteiger partial charge in [-0.3, -0.25) is 0 Å². The fourth-order valence-corrected chi connectivity index (χ4v) is 2.33. The van der Waals surface area contributed by atoms with Crippen molar-refractivity contribution in [2.75, 3.05) is 11.9 Å². The van der Waals surface area contributed by atoms with Crippen LogP contribution in [0.4, 0.5) is 5.95 Å². The van der Waals surface area contributed by atoms with Gasteiger partial charge in [0.05, 0.1) is 11.6 Å². The molecule has 0 amide bonds. The summed E-state index contributed by atoms with van der Waals surface area (Å²) in [5.74, 6) is -0.503. The Labute approximate surface area is 109 Å². The first-order valence-electron chi connectivity index (χ1n) is 5.41. The Morgan fingerprint density at radius 1 is 1.44 bits per heavy atom. The number of carboxylic acid groups (broad SMARTS) is 1. The van der Waals surface area contributed by atoms with Crippen molar-refractivity contribution < 1.29 is 9.90 Å². The molecule has 2 aromatic heterocycles. The number of aromatic nitrogens is 2. The van der Waals surface area contributed by atoms with E-state index in [-0.39, 0.29) is 11.6 Å². The molecule has 1 atom stereocenters. The molecule has 94 valence electrons. The van der Waals surface area contributed by atoms with Crippen LogP contribution in [0.15, 0.2) is 29.9 Å². The molecule has 6 heteroatoms. The van der Waals surface area contributed by atoms with Crippen molar-refractivity contribution >= 4 is 23.3 Å². The monoisotopic (exact) mass is 263 g/mol. The minimum Gasteiger partial charge on any atom is -0.478 e. The van der Waals surface area contributed by atoms with E-state index in [4.69, 9.17) is 5.11 Å². The Balaban J connectivity index is 2.18. The molecule has 1 N–H and O–H groups in total. The van der Waals surface area contributed by atoms with Crippen LogP contribution in [0.25, 0.3) is 0 Å². The molecule has 2 rings (SSSR count). The van der Waals surface area contributed by atoms with E-state index in [1.54, 1.807) is 11.3 Å². The van der Waals surface area contributed by atoms with Gasteiger partial charge >= 0.3 is 5.97 Å². The van der Waals surface area contributed by atoms with Crippen molar-refractivity contribution in [2.45, 2.75) is 13.0 Å². The average molecular weight is 263 g/mol. The third-order valence-electron chi connectivity index (χ3n) is 2.74. The number of carboxylic acids is 1. The molecule has 0 spiro atoms. The Morgan fingerprint density at radius 3 is 2.61 bits per heavy atom.